The first-order valence-electron chi connectivity index (χ1n) is 11.7. The number of ether oxygens (including phenoxy) is 1. The van der Waals surface area contributed by atoms with Gasteiger partial charge in [0.25, 0.3) is 5.56 Å². The van der Waals surface area contributed by atoms with Crippen molar-refractivity contribution in [2.45, 2.75) is 38.8 Å². The van der Waals surface area contributed by atoms with Gasteiger partial charge in [-0.15, -0.1) is 5.10 Å². The molecule has 1 aliphatic rings. The van der Waals surface area contributed by atoms with Crippen molar-refractivity contribution < 1.29 is 4.74 Å². The van der Waals surface area contributed by atoms with Gasteiger partial charge in [-0.25, -0.2) is 14.6 Å². The van der Waals surface area contributed by atoms with Gasteiger partial charge < -0.3 is 9.30 Å². The molecule has 0 radical (unpaired) electrons. The lowest BCUT2D eigenvalue weighted by Crippen LogP contribution is -2.28. The molecule has 1 atom stereocenters. The van der Waals surface area contributed by atoms with Crippen LogP contribution in [0.15, 0.2) is 66.0 Å². The van der Waals surface area contributed by atoms with Crippen LogP contribution in [0.1, 0.15) is 36.8 Å². The number of nitrogens with zero attached hydrogens (tertiary/aromatic N) is 7. The molecule has 0 saturated carbocycles. The Morgan fingerprint density at radius 2 is 1.97 bits per heavy atom. The first-order valence-corrected chi connectivity index (χ1v) is 11.7. The molecule has 2 aromatic carbocycles. The summed E-state index contributed by atoms with van der Waals surface area (Å²) in [6.45, 7) is 2.61. The summed E-state index contributed by atoms with van der Waals surface area (Å²) in [6, 6.07) is 13.3. The van der Waals surface area contributed by atoms with Crippen molar-refractivity contribution in [1.29, 1.82) is 0 Å². The van der Waals surface area contributed by atoms with E-state index in [9.17, 15) is 4.79 Å². The number of aryl methyl sites for hydroxylation is 1. The maximum absolute atomic E-state index is 13.2. The van der Waals surface area contributed by atoms with Gasteiger partial charge in [-0.05, 0) is 50.5 Å². The van der Waals surface area contributed by atoms with E-state index in [1.54, 1.807) is 13.4 Å². The third-order valence-corrected chi connectivity index (χ3v) is 6.59. The Labute approximate surface area is 201 Å². The van der Waals surface area contributed by atoms with Crippen molar-refractivity contribution in [3.05, 3.63) is 83.1 Å². The van der Waals surface area contributed by atoms with Gasteiger partial charge in [0.2, 0.25) is 0 Å². The Morgan fingerprint density at radius 1 is 1.09 bits per heavy atom. The average Bonchev–Trinajstić information content (AvgIpc) is 3.49. The van der Waals surface area contributed by atoms with Gasteiger partial charge >= 0.3 is 0 Å². The number of benzene rings is 2. The third-order valence-electron chi connectivity index (χ3n) is 6.59. The Kier molecular flexibility index (Phi) is 5.17. The van der Waals surface area contributed by atoms with E-state index >= 15 is 0 Å². The highest BCUT2D eigenvalue weighted by molar-refractivity contribution is 5.77. The van der Waals surface area contributed by atoms with Crippen LogP contribution in [0.25, 0.3) is 27.8 Å². The van der Waals surface area contributed by atoms with Crippen molar-refractivity contribution >= 4 is 10.9 Å². The van der Waals surface area contributed by atoms with Crippen LogP contribution >= 0.6 is 0 Å². The number of methoxy groups -OCH3 is 1. The van der Waals surface area contributed by atoms with E-state index in [4.69, 9.17) is 9.72 Å². The second-order valence-corrected chi connectivity index (χ2v) is 8.85. The minimum atomic E-state index is -0.161. The van der Waals surface area contributed by atoms with E-state index in [2.05, 4.69) is 15.3 Å². The molecule has 176 valence electrons. The molecule has 0 spiro atoms. The number of imidazole rings is 1. The summed E-state index contributed by atoms with van der Waals surface area (Å²) in [5.41, 5.74) is 4.18. The van der Waals surface area contributed by atoms with Gasteiger partial charge in [-0.2, -0.15) is 0 Å². The number of rotatable bonds is 4. The van der Waals surface area contributed by atoms with E-state index in [0.717, 1.165) is 47.7 Å². The standard InChI is InChI=1S/C26H25N7O2/c1-17-14-31(16-27-17)22-11-10-18(13-24(22)35-2)21-15-33(30-29-21)23-9-5-6-12-32-25(23)28-20-8-4-3-7-19(20)26(32)34/h3-4,7-8,10-11,13-16,23H,5-6,9,12H2,1-2H3. The zero-order chi connectivity index (χ0) is 23.9. The fourth-order valence-electron chi connectivity index (χ4n) is 4.81. The normalized spacial score (nSPS) is 15.7. The maximum atomic E-state index is 13.2. The largest absolute Gasteiger partial charge is 0.495 e. The molecular formula is C26H25N7O2. The van der Waals surface area contributed by atoms with Gasteiger partial charge in [-0.3, -0.25) is 9.36 Å². The van der Waals surface area contributed by atoms with Crippen LogP contribution in [0.3, 0.4) is 0 Å². The van der Waals surface area contributed by atoms with Crippen LogP contribution in [-0.4, -0.2) is 41.2 Å². The number of aromatic nitrogens is 7. The minimum Gasteiger partial charge on any atom is -0.495 e. The van der Waals surface area contributed by atoms with Crippen molar-refractivity contribution in [1.82, 2.24) is 34.1 Å². The van der Waals surface area contributed by atoms with E-state index in [0.29, 0.717) is 23.2 Å². The molecule has 35 heavy (non-hydrogen) atoms. The Bertz CT molecular complexity index is 1600. The smallest absolute Gasteiger partial charge is 0.261 e. The molecule has 5 aromatic rings. The summed E-state index contributed by atoms with van der Waals surface area (Å²) >= 11 is 0. The number of hydrogen-bond donors (Lipinski definition) is 0. The summed E-state index contributed by atoms with van der Waals surface area (Å²) in [4.78, 5) is 22.4. The Morgan fingerprint density at radius 3 is 2.80 bits per heavy atom. The molecule has 9 heteroatoms. The fraction of sp³-hybridized carbons (Fsp3) is 0.269. The number of para-hydroxylation sites is 1. The van der Waals surface area contributed by atoms with E-state index < -0.39 is 0 Å². The molecule has 9 nitrogen and oxygen atoms in total. The highest BCUT2D eigenvalue weighted by Crippen LogP contribution is 2.31. The average molecular weight is 468 g/mol. The SMILES string of the molecule is COc1cc(-c2cn(C3CCCCn4c3nc3ccccc3c4=O)nn2)ccc1-n1cnc(C)c1. The summed E-state index contributed by atoms with van der Waals surface area (Å²) in [5, 5.41) is 9.57. The molecule has 3 aromatic heterocycles. The van der Waals surface area contributed by atoms with Gasteiger partial charge in [0.05, 0.1) is 41.9 Å². The van der Waals surface area contributed by atoms with Crippen LogP contribution in [0, 0.1) is 6.92 Å². The molecule has 0 N–H and O–H groups in total. The quantitative estimate of drug-likeness (QED) is 0.398. The monoisotopic (exact) mass is 467 g/mol. The molecule has 6 rings (SSSR count). The zero-order valence-corrected chi connectivity index (χ0v) is 19.6. The van der Waals surface area contributed by atoms with E-state index in [1.165, 1.54) is 0 Å². The predicted molar refractivity (Wildman–Crippen MR) is 132 cm³/mol. The van der Waals surface area contributed by atoms with Crippen molar-refractivity contribution in [2.75, 3.05) is 7.11 Å². The molecular weight excluding hydrogens is 442 g/mol. The second-order valence-electron chi connectivity index (χ2n) is 8.85. The summed E-state index contributed by atoms with van der Waals surface area (Å²) in [6.07, 6.45) is 8.40. The predicted octanol–water partition coefficient (Wildman–Crippen LogP) is 3.93. The highest BCUT2D eigenvalue weighted by atomic mass is 16.5. The summed E-state index contributed by atoms with van der Waals surface area (Å²) < 4.78 is 11.2. The van der Waals surface area contributed by atoms with E-state index in [-0.39, 0.29) is 11.6 Å². The molecule has 0 amide bonds. The van der Waals surface area contributed by atoms with Crippen molar-refractivity contribution in [2.24, 2.45) is 0 Å². The Balaban J connectivity index is 1.39. The van der Waals surface area contributed by atoms with Crippen LogP contribution in [0.5, 0.6) is 5.75 Å². The first-order chi connectivity index (χ1) is 17.1. The first kappa shape index (κ1) is 21.3. The van der Waals surface area contributed by atoms with Crippen LogP contribution in [0.2, 0.25) is 0 Å². The van der Waals surface area contributed by atoms with Gasteiger partial charge in [0.1, 0.15) is 23.3 Å². The lowest BCUT2D eigenvalue weighted by atomic mass is 10.1. The van der Waals surface area contributed by atoms with Gasteiger partial charge in [-0.1, -0.05) is 23.4 Å². The molecule has 0 aliphatic carbocycles. The molecule has 1 unspecified atom stereocenters. The summed E-state index contributed by atoms with van der Waals surface area (Å²) in [5.74, 6) is 1.46. The fourth-order valence-corrected chi connectivity index (χ4v) is 4.81. The van der Waals surface area contributed by atoms with Crippen LogP contribution < -0.4 is 10.3 Å². The van der Waals surface area contributed by atoms with E-state index in [1.807, 2.05) is 75.6 Å². The molecule has 0 bridgehead atoms. The molecule has 4 heterocycles. The second kappa shape index (κ2) is 8.50. The van der Waals surface area contributed by atoms with Crippen LogP contribution in [0.4, 0.5) is 0 Å². The molecule has 0 fully saturated rings. The number of fused-ring (bicyclic) bond motifs is 2. The van der Waals surface area contributed by atoms with Gasteiger partial charge in [0.15, 0.2) is 0 Å². The maximum Gasteiger partial charge on any atom is 0.261 e. The topological polar surface area (TPSA) is 92.6 Å². The minimum absolute atomic E-state index is 0.00732. The number of hydrogen-bond acceptors (Lipinski definition) is 6. The Hall–Kier alpha value is -4.27. The van der Waals surface area contributed by atoms with Crippen molar-refractivity contribution in [3.63, 3.8) is 0 Å². The molecule has 0 saturated heterocycles. The lowest BCUT2D eigenvalue weighted by molar-refractivity contribution is 0.413. The zero-order valence-electron chi connectivity index (χ0n) is 19.6. The highest BCUT2D eigenvalue weighted by Gasteiger charge is 2.25. The lowest BCUT2D eigenvalue weighted by Gasteiger charge is -2.18. The third kappa shape index (κ3) is 3.69. The van der Waals surface area contributed by atoms with Crippen LogP contribution in [-0.2, 0) is 6.54 Å². The molecule has 1 aliphatic heterocycles. The van der Waals surface area contributed by atoms with Crippen molar-refractivity contribution in [3.8, 4) is 22.7 Å². The van der Waals surface area contributed by atoms with Gasteiger partial charge in [0, 0.05) is 18.3 Å². The summed E-state index contributed by atoms with van der Waals surface area (Å²) in [7, 11) is 1.65.